The summed E-state index contributed by atoms with van der Waals surface area (Å²) in [4.78, 5) is 0. The van der Waals surface area contributed by atoms with Gasteiger partial charge >= 0.3 is 0 Å². The van der Waals surface area contributed by atoms with Gasteiger partial charge in [-0.3, -0.25) is 0 Å². The summed E-state index contributed by atoms with van der Waals surface area (Å²) in [5, 5.41) is 10.0. The second kappa shape index (κ2) is 12.7. The van der Waals surface area contributed by atoms with Crippen molar-refractivity contribution in [1.82, 2.24) is 0 Å². The van der Waals surface area contributed by atoms with Crippen molar-refractivity contribution >= 4 is 6.08 Å². The molecular weight excluding hydrogens is 445 g/mol. The summed E-state index contributed by atoms with van der Waals surface area (Å²) in [6.45, 7) is 6.26. The van der Waals surface area contributed by atoms with Crippen molar-refractivity contribution in [2.75, 3.05) is 19.8 Å². The second-order valence-corrected chi connectivity index (χ2v) is 8.26. The van der Waals surface area contributed by atoms with Crippen LogP contribution in [-0.2, 0) is 9.47 Å². The third kappa shape index (κ3) is 6.72. The maximum absolute atomic E-state index is 14.6. The van der Waals surface area contributed by atoms with Gasteiger partial charge in [-0.25, -0.2) is 8.78 Å². The van der Waals surface area contributed by atoms with Crippen LogP contribution in [0.2, 0.25) is 0 Å². The zero-order chi connectivity index (χ0) is 24.5. The second-order valence-electron chi connectivity index (χ2n) is 8.26. The molecule has 0 spiro atoms. The molecule has 2 aromatic carbocycles. The van der Waals surface area contributed by atoms with Crippen molar-refractivity contribution in [2.24, 2.45) is 5.92 Å². The highest BCUT2D eigenvalue weighted by molar-refractivity contribution is 5.50. The molecule has 1 fully saturated rings. The van der Waals surface area contributed by atoms with Crippen molar-refractivity contribution < 1.29 is 32.5 Å². The number of aliphatic hydroxyl groups excluding tert-OH is 1. The molecule has 7 heteroatoms. The smallest absolute Gasteiger partial charge is 0.201 e. The van der Waals surface area contributed by atoms with Crippen LogP contribution in [0.5, 0.6) is 5.75 Å². The maximum Gasteiger partial charge on any atom is 0.201 e. The first-order valence-corrected chi connectivity index (χ1v) is 11.5. The van der Waals surface area contributed by atoms with Crippen LogP contribution in [0.4, 0.5) is 13.2 Å². The Bertz CT molecular complexity index is 984. The van der Waals surface area contributed by atoms with Crippen LogP contribution < -0.4 is 4.74 Å². The van der Waals surface area contributed by atoms with Crippen molar-refractivity contribution in [3.05, 3.63) is 83.2 Å². The lowest BCUT2D eigenvalue weighted by atomic mass is 10.0. The first-order valence-electron chi connectivity index (χ1n) is 11.5. The highest BCUT2D eigenvalue weighted by Crippen LogP contribution is 2.32. The fraction of sp³-hybridized carbons (Fsp3) is 0.407. The number of unbranched alkanes of at least 4 members (excludes halogenated alkanes) is 1. The van der Waals surface area contributed by atoms with Crippen molar-refractivity contribution in [3.8, 4) is 5.75 Å². The molecule has 184 valence electrons. The van der Waals surface area contributed by atoms with E-state index in [1.807, 2.05) is 13.0 Å². The maximum atomic E-state index is 14.6. The Kier molecular flexibility index (Phi) is 9.74. The van der Waals surface area contributed by atoms with E-state index in [4.69, 9.17) is 14.2 Å². The summed E-state index contributed by atoms with van der Waals surface area (Å²) < 4.78 is 59.8. The minimum atomic E-state index is -1.07. The zero-order valence-electron chi connectivity index (χ0n) is 19.3. The van der Waals surface area contributed by atoms with E-state index in [9.17, 15) is 18.3 Å². The first-order chi connectivity index (χ1) is 16.4. The summed E-state index contributed by atoms with van der Waals surface area (Å²) in [6, 6.07) is 7.47. The van der Waals surface area contributed by atoms with Crippen LogP contribution in [0.3, 0.4) is 0 Å². The highest BCUT2D eigenvalue weighted by Gasteiger charge is 2.27. The van der Waals surface area contributed by atoms with Gasteiger partial charge in [0.2, 0.25) is 5.82 Å². The van der Waals surface area contributed by atoms with Gasteiger partial charge in [-0.15, -0.1) is 6.58 Å². The highest BCUT2D eigenvalue weighted by atomic mass is 19.2. The van der Waals surface area contributed by atoms with E-state index in [0.29, 0.717) is 18.4 Å². The molecule has 0 aliphatic carbocycles. The summed E-state index contributed by atoms with van der Waals surface area (Å²) in [5.41, 5.74) is 0.902. The van der Waals surface area contributed by atoms with Crippen molar-refractivity contribution in [1.29, 1.82) is 0 Å². The Hall–Kier alpha value is -2.61. The van der Waals surface area contributed by atoms with Gasteiger partial charge in [-0.05, 0) is 43.0 Å². The number of aliphatic hydroxyl groups is 1. The van der Waals surface area contributed by atoms with Gasteiger partial charge < -0.3 is 19.3 Å². The Labute approximate surface area is 198 Å². The fourth-order valence-electron chi connectivity index (χ4n) is 3.65. The van der Waals surface area contributed by atoms with Crippen molar-refractivity contribution in [2.45, 2.75) is 45.0 Å². The number of benzene rings is 2. The SMILES string of the molecule is C=CCCCOc1ccc(C2OCC(/C=C/c3ccc(C(O)CCC)c(F)c3)CO2)c(F)c1F. The van der Waals surface area contributed by atoms with Gasteiger partial charge in [0.1, 0.15) is 5.82 Å². The van der Waals surface area contributed by atoms with E-state index in [-0.39, 0.29) is 42.6 Å². The van der Waals surface area contributed by atoms with E-state index in [1.165, 1.54) is 18.2 Å². The number of halogens is 3. The molecule has 0 saturated carbocycles. The normalized spacial score (nSPS) is 19.3. The Morgan fingerprint density at radius 2 is 1.91 bits per heavy atom. The summed E-state index contributed by atoms with van der Waals surface area (Å²) in [5.74, 6) is -2.86. The molecule has 0 radical (unpaired) electrons. The lowest BCUT2D eigenvalue weighted by molar-refractivity contribution is -0.198. The first kappa shape index (κ1) is 26.0. The minimum absolute atomic E-state index is 0.0262. The predicted octanol–water partition coefficient (Wildman–Crippen LogP) is 6.66. The van der Waals surface area contributed by atoms with E-state index in [0.717, 1.165) is 12.8 Å². The summed E-state index contributed by atoms with van der Waals surface area (Å²) >= 11 is 0. The fourth-order valence-corrected chi connectivity index (χ4v) is 3.65. The molecule has 34 heavy (non-hydrogen) atoms. The third-order valence-corrected chi connectivity index (χ3v) is 5.57. The summed E-state index contributed by atoms with van der Waals surface area (Å²) in [6.07, 6.45) is 6.11. The van der Waals surface area contributed by atoms with Crippen molar-refractivity contribution in [3.63, 3.8) is 0 Å². The van der Waals surface area contributed by atoms with Crippen LogP contribution in [0.15, 0.2) is 49.1 Å². The van der Waals surface area contributed by atoms with E-state index >= 15 is 0 Å². The van der Waals surface area contributed by atoms with Gasteiger partial charge in [0.05, 0.1) is 25.9 Å². The molecule has 0 aromatic heterocycles. The molecule has 1 heterocycles. The average molecular weight is 477 g/mol. The molecule has 0 amide bonds. The lowest BCUT2D eigenvalue weighted by Gasteiger charge is -2.28. The van der Waals surface area contributed by atoms with Crippen LogP contribution >= 0.6 is 0 Å². The van der Waals surface area contributed by atoms with Gasteiger partial charge in [0.25, 0.3) is 0 Å². The predicted molar refractivity (Wildman–Crippen MR) is 125 cm³/mol. The van der Waals surface area contributed by atoms with Gasteiger partial charge in [-0.1, -0.05) is 43.7 Å². The number of allylic oxidation sites excluding steroid dienone is 1. The Balaban J connectivity index is 1.56. The standard InChI is InChI=1S/C27H31F3O4/c1-3-5-6-14-32-24-13-12-21(25(29)26(24)30)27-33-16-19(17-34-27)9-8-18-10-11-20(22(28)15-18)23(31)7-4-2/h3,8-13,15,19,23,27,31H,1,4-7,14,16-17H2,2H3/b9-8+. The Morgan fingerprint density at radius 1 is 1.15 bits per heavy atom. The number of rotatable bonds is 11. The minimum Gasteiger partial charge on any atom is -0.490 e. The third-order valence-electron chi connectivity index (χ3n) is 5.57. The molecule has 1 aliphatic rings. The number of ether oxygens (including phenoxy) is 3. The largest absolute Gasteiger partial charge is 0.490 e. The summed E-state index contributed by atoms with van der Waals surface area (Å²) in [7, 11) is 0. The van der Waals surface area contributed by atoms with Gasteiger partial charge in [-0.2, -0.15) is 4.39 Å². The quantitative estimate of drug-likeness (QED) is 0.291. The Morgan fingerprint density at radius 3 is 2.59 bits per heavy atom. The number of hydrogen-bond donors (Lipinski definition) is 1. The van der Waals surface area contributed by atoms with Crippen LogP contribution in [-0.4, -0.2) is 24.9 Å². The van der Waals surface area contributed by atoms with Gasteiger partial charge in [0.15, 0.2) is 17.9 Å². The number of hydrogen-bond acceptors (Lipinski definition) is 4. The zero-order valence-corrected chi connectivity index (χ0v) is 19.3. The van der Waals surface area contributed by atoms with Crippen LogP contribution in [0.1, 0.15) is 61.7 Å². The molecule has 4 nitrogen and oxygen atoms in total. The monoisotopic (exact) mass is 476 g/mol. The molecule has 1 atom stereocenters. The molecule has 1 N–H and O–H groups in total. The average Bonchev–Trinajstić information content (AvgIpc) is 2.83. The van der Waals surface area contributed by atoms with Gasteiger partial charge in [0, 0.05) is 17.0 Å². The molecule has 1 aliphatic heterocycles. The van der Waals surface area contributed by atoms with E-state index < -0.39 is 29.8 Å². The van der Waals surface area contributed by atoms with Crippen LogP contribution in [0.25, 0.3) is 6.08 Å². The molecule has 3 rings (SSSR count). The topological polar surface area (TPSA) is 47.9 Å². The van der Waals surface area contributed by atoms with E-state index in [2.05, 4.69) is 6.58 Å². The van der Waals surface area contributed by atoms with Crippen LogP contribution in [0, 0.1) is 23.4 Å². The lowest BCUT2D eigenvalue weighted by Crippen LogP contribution is -2.26. The molecular formula is C27H31F3O4. The molecule has 0 bridgehead atoms. The molecule has 2 aromatic rings. The molecule has 1 unspecified atom stereocenters. The molecule has 1 saturated heterocycles. The van der Waals surface area contributed by atoms with E-state index in [1.54, 1.807) is 24.3 Å².